The number of morpholine rings is 1. The summed E-state index contributed by atoms with van der Waals surface area (Å²) in [4.78, 5) is 28.4. The number of aromatic nitrogens is 3. The number of carbonyl (C=O) groups is 1. The molecule has 1 aliphatic rings. The van der Waals surface area contributed by atoms with E-state index in [1.54, 1.807) is 26.4 Å². The first kappa shape index (κ1) is 17.1. The van der Waals surface area contributed by atoms with Gasteiger partial charge in [-0.05, 0) is 19.1 Å². The summed E-state index contributed by atoms with van der Waals surface area (Å²) in [6.45, 7) is 3.79. The molecule has 0 aromatic carbocycles. The predicted molar refractivity (Wildman–Crippen MR) is 94.3 cm³/mol. The number of anilines is 2. The van der Waals surface area contributed by atoms with Crippen LogP contribution >= 0.6 is 0 Å². The highest BCUT2D eigenvalue weighted by atomic mass is 16.5. The minimum atomic E-state index is -0.186. The summed E-state index contributed by atoms with van der Waals surface area (Å²) in [5.74, 6) is 0.984. The Bertz CT molecular complexity index is 742. The number of rotatable bonds is 3. The third-order valence-corrected chi connectivity index (χ3v) is 4.02. The molecular weight excluding hydrogens is 320 g/mol. The fraction of sp³-hybridized carbons (Fsp3) is 0.412. The van der Waals surface area contributed by atoms with Gasteiger partial charge in [0.05, 0.1) is 24.4 Å². The van der Waals surface area contributed by atoms with Crippen LogP contribution in [0.5, 0.6) is 0 Å². The molecule has 2 aromatic heterocycles. The van der Waals surface area contributed by atoms with Crippen molar-refractivity contribution < 1.29 is 9.53 Å². The van der Waals surface area contributed by atoms with E-state index in [2.05, 4.69) is 19.9 Å². The summed E-state index contributed by atoms with van der Waals surface area (Å²) in [6.07, 6.45) is 1.40. The lowest BCUT2D eigenvalue weighted by molar-refractivity contribution is 0.0367. The molecule has 0 spiro atoms. The zero-order valence-corrected chi connectivity index (χ0v) is 14.6. The van der Waals surface area contributed by atoms with Crippen molar-refractivity contribution in [2.24, 2.45) is 0 Å². The van der Waals surface area contributed by atoms with E-state index in [-0.39, 0.29) is 18.0 Å². The zero-order valence-electron chi connectivity index (χ0n) is 14.6. The Balaban J connectivity index is 1.76. The van der Waals surface area contributed by atoms with Gasteiger partial charge in [-0.15, -0.1) is 0 Å². The number of nitrogen functional groups attached to an aromatic ring is 1. The second-order valence-electron chi connectivity index (χ2n) is 6.20. The molecule has 2 N–H and O–H groups in total. The highest BCUT2D eigenvalue weighted by Gasteiger charge is 2.24. The van der Waals surface area contributed by atoms with Gasteiger partial charge in [0.15, 0.2) is 0 Å². The van der Waals surface area contributed by atoms with E-state index in [0.717, 1.165) is 23.8 Å². The summed E-state index contributed by atoms with van der Waals surface area (Å²) in [7, 11) is 3.43. The van der Waals surface area contributed by atoms with E-state index in [9.17, 15) is 4.79 Å². The van der Waals surface area contributed by atoms with Gasteiger partial charge < -0.3 is 20.3 Å². The maximum atomic E-state index is 12.0. The molecule has 1 atom stereocenters. The van der Waals surface area contributed by atoms with Crippen LogP contribution in [0, 0.1) is 6.92 Å². The smallest absolute Gasteiger partial charge is 0.254 e. The molecule has 0 saturated carbocycles. The summed E-state index contributed by atoms with van der Waals surface area (Å²) < 4.78 is 5.85. The summed E-state index contributed by atoms with van der Waals surface area (Å²) >= 11 is 0. The molecule has 1 unspecified atom stereocenters. The largest absolute Gasteiger partial charge is 0.368 e. The third kappa shape index (κ3) is 3.85. The van der Waals surface area contributed by atoms with Crippen molar-refractivity contribution in [2.45, 2.75) is 13.0 Å². The van der Waals surface area contributed by atoms with Crippen molar-refractivity contribution >= 4 is 17.7 Å². The molecule has 25 heavy (non-hydrogen) atoms. The van der Waals surface area contributed by atoms with Crippen LogP contribution in [0.4, 0.5) is 11.8 Å². The first-order valence-corrected chi connectivity index (χ1v) is 8.09. The molecule has 132 valence electrons. The van der Waals surface area contributed by atoms with Gasteiger partial charge in [0, 0.05) is 38.6 Å². The number of amides is 1. The molecule has 1 aliphatic heterocycles. The van der Waals surface area contributed by atoms with Gasteiger partial charge >= 0.3 is 0 Å². The van der Waals surface area contributed by atoms with Crippen LogP contribution in [-0.4, -0.2) is 59.6 Å². The van der Waals surface area contributed by atoms with Crippen molar-refractivity contribution in [1.82, 2.24) is 19.9 Å². The number of aryl methyl sites for hydroxylation is 1. The lowest BCUT2D eigenvalue weighted by Gasteiger charge is -2.33. The average molecular weight is 342 g/mol. The molecule has 2 aromatic rings. The number of nitrogens with two attached hydrogens (primary N) is 1. The second kappa shape index (κ2) is 7.02. The minimum Gasteiger partial charge on any atom is -0.368 e. The van der Waals surface area contributed by atoms with Gasteiger partial charge in [0.25, 0.3) is 5.91 Å². The third-order valence-electron chi connectivity index (χ3n) is 4.02. The Morgan fingerprint density at radius 3 is 2.80 bits per heavy atom. The monoisotopic (exact) mass is 342 g/mol. The molecule has 0 aliphatic carbocycles. The lowest BCUT2D eigenvalue weighted by atomic mass is 10.1. The number of pyridine rings is 1. The van der Waals surface area contributed by atoms with Gasteiger partial charge in [-0.1, -0.05) is 0 Å². The Labute approximate surface area is 146 Å². The molecule has 8 heteroatoms. The van der Waals surface area contributed by atoms with Gasteiger partial charge in [0.2, 0.25) is 5.95 Å². The Morgan fingerprint density at radius 2 is 2.16 bits per heavy atom. The summed E-state index contributed by atoms with van der Waals surface area (Å²) in [6, 6.07) is 5.52. The van der Waals surface area contributed by atoms with Crippen molar-refractivity contribution in [3.63, 3.8) is 0 Å². The van der Waals surface area contributed by atoms with Crippen molar-refractivity contribution in [3.8, 4) is 0 Å². The normalized spacial score (nSPS) is 17.4. The van der Waals surface area contributed by atoms with E-state index < -0.39 is 0 Å². The molecule has 8 nitrogen and oxygen atoms in total. The topological polar surface area (TPSA) is 97.5 Å². The molecular formula is C17H22N6O2. The highest BCUT2D eigenvalue weighted by Crippen LogP contribution is 2.24. The minimum absolute atomic E-state index is 0.0721. The Kier molecular flexibility index (Phi) is 4.80. The van der Waals surface area contributed by atoms with Crippen LogP contribution in [0.3, 0.4) is 0 Å². The van der Waals surface area contributed by atoms with Crippen LogP contribution in [0.15, 0.2) is 24.4 Å². The van der Waals surface area contributed by atoms with E-state index in [0.29, 0.717) is 18.7 Å². The zero-order chi connectivity index (χ0) is 18.0. The molecule has 3 heterocycles. The SMILES string of the molecule is Cc1cc(N2CCOC(c3ccc(C(=O)N(C)C)cn3)C2)nc(N)n1. The second-order valence-corrected chi connectivity index (χ2v) is 6.20. The number of hydrogen-bond acceptors (Lipinski definition) is 7. The molecule has 0 bridgehead atoms. The summed E-state index contributed by atoms with van der Waals surface area (Å²) in [5, 5.41) is 0. The number of nitrogens with zero attached hydrogens (tertiary/aromatic N) is 5. The fourth-order valence-corrected chi connectivity index (χ4v) is 2.75. The van der Waals surface area contributed by atoms with E-state index >= 15 is 0 Å². The van der Waals surface area contributed by atoms with Gasteiger partial charge in [-0.2, -0.15) is 4.98 Å². The Hall–Kier alpha value is -2.74. The molecule has 0 radical (unpaired) electrons. The standard InChI is InChI=1S/C17H22N6O2/c1-11-8-15(21-17(18)20-11)23-6-7-25-14(10-23)13-5-4-12(9-19-13)16(24)22(2)3/h4-5,8-9,14H,6-7,10H2,1-3H3,(H2,18,20,21). The van der Waals surface area contributed by atoms with Crippen molar-refractivity contribution in [1.29, 1.82) is 0 Å². The lowest BCUT2D eigenvalue weighted by Crippen LogP contribution is -2.39. The van der Waals surface area contributed by atoms with Crippen LogP contribution in [0.2, 0.25) is 0 Å². The number of hydrogen-bond donors (Lipinski definition) is 1. The van der Waals surface area contributed by atoms with Crippen LogP contribution in [-0.2, 0) is 4.74 Å². The first-order chi connectivity index (χ1) is 11.9. The number of carbonyl (C=O) groups excluding carboxylic acids is 1. The van der Waals surface area contributed by atoms with Crippen LogP contribution in [0.1, 0.15) is 27.8 Å². The quantitative estimate of drug-likeness (QED) is 0.890. The highest BCUT2D eigenvalue weighted by molar-refractivity contribution is 5.93. The van der Waals surface area contributed by atoms with Crippen LogP contribution < -0.4 is 10.6 Å². The Morgan fingerprint density at radius 1 is 1.36 bits per heavy atom. The fourth-order valence-electron chi connectivity index (χ4n) is 2.75. The van der Waals surface area contributed by atoms with E-state index in [4.69, 9.17) is 10.5 Å². The molecule has 1 fully saturated rings. The molecule has 3 rings (SSSR count). The molecule has 1 amide bonds. The van der Waals surface area contributed by atoms with Crippen molar-refractivity contribution in [3.05, 3.63) is 41.3 Å². The van der Waals surface area contributed by atoms with E-state index in [1.165, 1.54) is 4.90 Å². The summed E-state index contributed by atoms with van der Waals surface area (Å²) in [5.41, 5.74) is 7.93. The maximum Gasteiger partial charge on any atom is 0.254 e. The van der Waals surface area contributed by atoms with Crippen molar-refractivity contribution in [2.75, 3.05) is 44.4 Å². The maximum absolute atomic E-state index is 12.0. The van der Waals surface area contributed by atoms with Gasteiger partial charge in [-0.25, -0.2) is 4.98 Å². The van der Waals surface area contributed by atoms with Gasteiger partial charge in [0.1, 0.15) is 11.9 Å². The molecule has 1 saturated heterocycles. The predicted octanol–water partition coefficient (Wildman–Crippen LogP) is 1.04. The number of ether oxygens (including phenoxy) is 1. The van der Waals surface area contributed by atoms with E-state index in [1.807, 2.05) is 19.1 Å². The average Bonchev–Trinajstić information content (AvgIpc) is 2.60. The van der Waals surface area contributed by atoms with Gasteiger partial charge in [-0.3, -0.25) is 9.78 Å². The van der Waals surface area contributed by atoms with Crippen LogP contribution in [0.25, 0.3) is 0 Å². The first-order valence-electron chi connectivity index (χ1n) is 8.09.